The van der Waals surface area contributed by atoms with Crippen LogP contribution in [-0.2, 0) is 13.1 Å². The summed E-state index contributed by atoms with van der Waals surface area (Å²) in [7, 11) is 0. The molecule has 0 aliphatic carbocycles. The van der Waals surface area contributed by atoms with Crippen LogP contribution >= 0.6 is 11.6 Å². The lowest BCUT2D eigenvalue weighted by atomic mass is 10.1. The average molecular weight is 327 g/mol. The third kappa shape index (κ3) is 4.52. The SMILES string of the molecule is N#Cc1ccc(CN2CCN(Cc3ccc(Cl)nc3)CC2)cc1. The molecule has 0 spiro atoms. The Morgan fingerprint density at radius 3 is 2.00 bits per heavy atom. The molecule has 0 unspecified atom stereocenters. The minimum Gasteiger partial charge on any atom is -0.297 e. The zero-order valence-electron chi connectivity index (χ0n) is 13.0. The molecule has 0 amide bonds. The first-order valence-corrected chi connectivity index (χ1v) is 8.15. The molecule has 2 aromatic rings. The minimum atomic E-state index is 0.543. The van der Waals surface area contributed by atoms with Gasteiger partial charge in [-0.1, -0.05) is 29.8 Å². The third-order valence-electron chi connectivity index (χ3n) is 4.15. The number of pyridine rings is 1. The zero-order chi connectivity index (χ0) is 16.1. The molecule has 2 heterocycles. The molecule has 1 aliphatic heterocycles. The largest absolute Gasteiger partial charge is 0.297 e. The molecular formula is C18H19ClN4. The van der Waals surface area contributed by atoms with Crippen LogP contribution in [0.1, 0.15) is 16.7 Å². The molecule has 1 saturated heterocycles. The number of halogens is 1. The number of benzene rings is 1. The summed E-state index contributed by atoms with van der Waals surface area (Å²) in [5, 5.41) is 9.38. The highest BCUT2D eigenvalue weighted by Gasteiger charge is 2.17. The number of nitriles is 1. The molecule has 0 radical (unpaired) electrons. The highest BCUT2D eigenvalue weighted by molar-refractivity contribution is 6.29. The van der Waals surface area contributed by atoms with Crippen molar-refractivity contribution < 1.29 is 0 Å². The van der Waals surface area contributed by atoms with Gasteiger partial charge < -0.3 is 0 Å². The molecule has 1 aromatic heterocycles. The van der Waals surface area contributed by atoms with Crippen LogP contribution in [0, 0.1) is 11.3 Å². The molecule has 23 heavy (non-hydrogen) atoms. The predicted molar refractivity (Wildman–Crippen MR) is 91.0 cm³/mol. The predicted octanol–water partition coefficient (Wildman–Crippen LogP) is 2.92. The van der Waals surface area contributed by atoms with Gasteiger partial charge in [0, 0.05) is 45.5 Å². The lowest BCUT2D eigenvalue weighted by molar-refractivity contribution is 0.122. The molecule has 1 fully saturated rings. The summed E-state index contributed by atoms with van der Waals surface area (Å²) in [6, 6.07) is 13.9. The summed E-state index contributed by atoms with van der Waals surface area (Å²) in [6.45, 7) is 6.09. The van der Waals surface area contributed by atoms with E-state index < -0.39 is 0 Å². The first kappa shape index (κ1) is 15.9. The molecule has 0 N–H and O–H groups in total. The normalized spacial score (nSPS) is 16.2. The van der Waals surface area contributed by atoms with Gasteiger partial charge in [-0.15, -0.1) is 0 Å². The van der Waals surface area contributed by atoms with Gasteiger partial charge in [-0.2, -0.15) is 5.26 Å². The van der Waals surface area contributed by atoms with Crippen molar-refractivity contribution in [2.24, 2.45) is 0 Å². The van der Waals surface area contributed by atoms with E-state index in [-0.39, 0.29) is 0 Å². The van der Waals surface area contributed by atoms with Crippen LogP contribution in [-0.4, -0.2) is 41.0 Å². The number of hydrogen-bond donors (Lipinski definition) is 0. The van der Waals surface area contributed by atoms with Gasteiger partial charge in [-0.25, -0.2) is 4.98 Å². The van der Waals surface area contributed by atoms with E-state index in [1.165, 1.54) is 11.1 Å². The summed E-state index contributed by atoms with van der Waals surface area (Å²) in [4.78, 5) is 9.04. The summed E-state index contributed by atoms with van der Waals surface area (Å²) in [6.07, 6.45) is 1.85. The monoisotopic (exact) mass is 326 g/mol. The van der Waals surface area contributed by atoms with Crippen molar-refractivity contribution >= 4 is 11.6 Å². The second-order valence-electron chi connectivity index (χ2n) is 5.85. The quantitative estimate of drug-likeness (QED) is 0.810. The fraction of sp³-hybridized carbons (Fsp3) is 0.333. The topological polar surface area (TPSA) is 43.2 Å². The van der Waals surface area contributed by atoms with Crippen LogP contribution in [0.2, 0.25) is 5.15 Å². The average Bonchev–Trinajstić information content (AvgIpc) is 2.59. The van der Waals surface area contributed by atoms with Crippen molar-refractivity contribution in [2.75, 3.05) is 26.2 Å². The Hall–Kier alpha value is -1.93. The first-order chi connectivity index (χ1) is 11.2. The van der Waals surface area contributed by atoms with E-state index >= 15 is 0 Å². The molecule has 118 valence electrons. The third-order valence-corrected chi connectivity index (χ3v) is 4.37. The zero-order valence-corrected chi connectivity index (χ0v) is 13.7. The van der Waals surface area contributed by atoms with Crippen molar-refractivity contribution in [1.29, 1.82) is 5.26 Å². The Morgan fingerprint density at radius 2 is 1.48 bits per heavy atom. The fourth-order valence-electron chi connectivity index (χ4n) is 2.81. The van der Waals surface area contributed by atoms with Gasteiger partial charge in [-0.05, 0) is 29.3 Å². The second-order valence-corrected chi connectivity index (χ2v) is 6.24. The number of hydrogen-bond acceptors (Lipinski definition) is 4. The lowest BCUT2D eigenvalue weighted by Crippen LogP contribution is -2.45. The van der Waals surface area contributed by atoms with Gasteiger partial charge in [0.15, 0.2) is 0 Å². The Labute approximate surface area is 141 Å². The maximum atomic E-state index is 8.84. The van der Waals surface area contributed by atoms with Crippen LogP contribution in [0.5, 0.6) is 0 Å². The molecule has 5 heteroatoms. The highest BCUT2D eigenvalue weighted by Crippen LogP contribution is 2.13. The van der Waals surface area contributed by atoms with Gasteiger partial charge in [0.05, 0.1) is 11.6 Å². The minimum absolute atomic E-state index is 0.543. The summed E-state index contributed by atoms with van der Waals surface area (Å²) < 4.78 is 0. The van der Waals surface area contributed by atoms with E-state index in [9.17, 15) is 0 Å². The van der Waals surface area contributed by atoms with Gasteiger partial charge in [0.2, 0.25) is 0 Å². The maximum Gasteiger partial charge on any atom is 0.129 e. The van der Waals surface area contributed by atoms with Crippen LogP contribution in [0.3, 0.4) is 0 Å². The van der Waals surface area contributed by atoms with Crippen molar-refractivity contribution in [1.82, 2.24) is 14.8 Å². The van der Waals surface area contributed by atoms with E-state index in [2.05, 4.69) is 20.9 Å². The van der Waals surface area contributed by atoms with Crippen molar-refractivity contribution in [2.45, 2.75) is 13.1 Å². The maximum absolute atomic E-state index is 8.84. The van der Waals surface area contributed by atoms with Crippen LogP contribution in [0.4, 0.5) is 0 Å². The van der Waals surface area contributed by atoms with E-state index in [1.807, 2.05) is 42.6 Å². The fourth-order valence-corrected chi connectivity index (χ4v) is 2.92. The summed E-state index contributed by atoms with van der Waals surface area (Å²) in [5.74, 6) is 0. The van der Waals surface area contributed by atoms with Crippen molar-refractivity contribution in [3.63, 3.8) is 0 Å². The lowest BCUT2D eigenvalue weighted by Gasteiger charge is -2.34. The number of aromatic nitrogens is 1. The molecule has 0 saturated carbocycles. The van der Waals surface area contributed by atoms with Crippen LogP contribution in [0.15, 0.2) is 42.6 Å². The second kappa shape index (κ2) is 7.56. The first-order valence-electron chi connectivity index (χ1n) is 7.77. The summed E-state index contributed by atoms with van der Waals surface area (Å²) >= 11 is 5.82. The molecular weight excluding hydrogens is 308 g/mol. The number of piperazine rings is 1. The van der Waals surface area contributed by atoms with Gasteiger partial charge in [0.1, 0.15) is 5.15 Å². The van der Waals surface area contributed by atoms with Crippen molar-refractivity contribution in [3.05, 3.63) is 64.4 Å². The van der Waals surface area contributed by atoms with E-state index in [0.717, 1.165) is 44.8 Å². The van der Waals surface area contributed by atoms with Gasteiger partial charge in [-0.3, -0.25) is 9.80 Å². The number of rotatable bonds is 4. The Bertz CT molecular complexity index is 668. The Balaban J connectivity index is 1.48. The Kier molecular flexibility index (Phi) is 5.24. The molecule has 4 nitrogen and oxygen atoms in total. The molecule has 0 bridgehead atoms. The van der Waals surface area contributed by atoms with E-state index in [4.69, 9.17) is 16.9 Å². The highest BCUT2D eigenvalue weighted by atomic mass is 35.5. The molecule has 1 aliphatic rings. The van der Waals surface area contributed by atoms with Gasteiger partial charge >= 0.3 is 0 Å². The van der Waals surface area contributed by atoms with Crippen molar-refractivity contribution in [3.8, 4) is 6.07 Å². The van der Waals surface area contributed by atoms with E-state index in [0.29, 0.717) is 5.15 Å². The number of nitrogens with zero attached hydrogens (tertiary/aromatic N) is 4. The molecule has 0 atom stereocenters. The van der Waals surface area contributed by atoms with E-state index in [1.54, 1.807) is 0 Å². The smallest absolute Gasteiger partial charge is 0.129 e. The van der Waals surface area contributed by atoms with Crippen LogP contribution < -0.4 is 0 Å². The van der Waals surface area contributed by atoms with Gasteiger partial charge in [0.25, 0.3) is 0 Å². The molecule has 3 rings (SSSR count). The Morgan fingerprint density at radius 1 is 0.913 bits per heavy atom. The molecule has 1 aromatic carbocycles. The standard InChI is InChI=1S/C18H19ClN4/c19-18-6-5-17(12-21-18)14-23-9-7-22(8-10-23)13-16-3-1-15(11-20)2-4-16/h1-6,12H,7-10,13-14H2. The summed E-state index contributed by atoms with van der Waals surface area (Å²) in [5.41, 5.74) is 3.18. The van der Waals surface area contributed by atoms with Crippen LogP contribution in [0.25, 0.3) is 0 Å².